The zero-order valence-electron chi connectivity index (χ0n) is 19.6. The van der Waals surface area contributed by atoms with Gasteiger partial charge in [0.05, 0.1) is 17.9 Å². The molecule has 0 fully saturated rings. The molecule has 0 spiro atoms. The van der Waals surface area contributed by atoms with Gasteiger partial charge >= 0.3 is 0 Å². The topological polar surface area (TPSA) is 87.4 Å². The zero-order chi connectivity index (χ0) is 22.9. The van der Waals surface area contributed by atoms with Crippen molar-refractivity contribution in [2.24, 2.45) is 4.99 Å². The molecule has 0 saturated carbocycles. The molecule has 8 nitrogen and oxygen atoms in total. The molecular formula is C24H32IN7O. The third-order valence-electron chi connectivity index (χ3n) is 5.16. The number of rotatable bonds is 8. The Morgan fingerprint density at radius 3 is 2.55 bits per heavy atom. The average Bonchev–Trinajstić information content (AvgIpc) is 3.15. The van der Waals surface area contributed by atoms with Crippen molar-refractivity contribution in [3.8, 4) is 5.69 Å². The standard InChI is InChI=1S/C24H31N7O.HI/c1-18-15-19(2)31(29-18)22-11-6-5-9-20(22)16-27-24(25-3)28-17-23(32)30(4)14-12-21-10-7-8-13-26-21;/h5-11,13,15H,12,14,16-17H2,1-4H3,(H2,25,27,28);1H. The summed E-state index contributed by atoms with van der Waals surface area (Å²) in [6, 6.07) is 16.0. The molecule has 33 heavy (non-hydrogen) atoms. The number of amides is 1. The van der Waals surface area contributed by atoms with Gasteiger partial charge in [-0.3, -0.25) is 14.8 Å². The van der Waals surface area contributed by atoms with Gasteiger partial charge in [0.25, 0.3) is 0 Å². The van der Waals surface area contributed by atoms with E-state index in [-0.39, 0.29) is 36.4 Å². The number of pyridine rings is 1. The Bertz CT molecular complexity index is 1070. The summed E-state index contributed by atoms with van der Waals surface area (Å²) in [5.41, 5.74) is 5.14. The van der Waals surface area contributed by atoms with E-state index in [0.717, 1.165) is 34.8 Å². The summed E-state index contributed by atoms with van der Waals surface area (Å²) in [6.45, 7) is 5.36. The van der Waals surface area contributed by atoms with Gasteiger partial charge in [-0.25, -0.2) is 4.68 Å². The highest BCUT2D eigenvalue weighted by molar-refractivity contribution is 14.0. The molecule has 0 radical (unpaired) electrons. The fourth-order valence-corrected chi connectivity index (χ4v) is 3.39. The Balaban J connectivity index is 0.00000385. The number of halogens is 1. The van der Waals surface area contributed by atoms with Crippen LogP contribution in [0.25, 0.3) is 5.69 Å². The van der Waals surface area contributed by atoms with Crippen LogP contribution in [0.5, 0.6) is 0 Å². The van der Waals surface area contributed by atoms with Crippen LogP contribution in [-0.2, 0) is 17.8 Å². The maximum absolute atomic E-state index is 12.5. The number of benzene rings is 1. The van der Waals surface area contributed by atoms with Crippen molar-refractivity contribution < 1.29 is 4.79 Å². The van der Waals surface area contributed by atoms with E-state index < -0.39 is 0 Å². The smallest absolute Gasteiger partial charge is 0.241 e. The molecular weight excluding hydrogens is 529 g/mol. The van der Waals surface area contributed by atoms with Crippen molar-refractivity contribution in [3.63, 3.8) is 0 Å². The Morgan fingerprint density at radius 2 is 1.88 bits per heavy atom. The lowest BCUT2D eigenvalue weighted by atomic mass is 10.1. The normalized spacial score (nSPS) is 11.0. The predicted octanol–water partition coefficient (Wildman–Crippen LogP) is 2.87. The molecule has 3 rings (SSSR count). The monoisotopic (exact) mass is 561 g/mol. The van der Waals surface area contributed by atoms with Crippen LogP contribution in [0.15, 0.2) is 59.7 Å². The number of para-hydroxylation sites is 1. The Morgan fingerprint density at radius 1 is 1.12 bits per heavy atom. The molecule has 1 amide bonds. The summed E-state index contributed by atoms with van der Waals surface area (Å²) < 4.78 is 1.95. The number of aryl methyl sites for hydroxylation is 2. The van der Waals surface area contributed by atoms with E-state index in [9.17, 15) is 4.79 Å². The van der Waals surface area contributed by atoms with Gasteiger partial charge in [-0.15, -0.1) is 24.0 Å². The molecule has 9 heteroatoms. The van der Waals surface area contributed by atoms with E-state index in [1.807, 2.05) is 54.9 Å². The number of carbonyl (C=O) groups excluding carboxylic acids is 1. The van der Waals surface area contributed by atoms with Crippen LogP contribution in [0.1, 0.15) is 22.6 Å². The average molecular weight is 561 g/mol. The second kappa shape index (κ2) is 12.9. The third kappa shape index (κ3) is 7.55. The van der Waals surface area contributed by atoms with Gasteiger partial charge in [-0.05, 0) is 43.7 Å². The molecule has 2 heterocycles. The van der Waals surface area contributed by atoms with Crippen molar-refractivity contribution in [1.82, 2.24) is 30.3 Å². The van der Waals surface area contributed by atoms with E-state index in [4.69, 9.17) is 0 Å². The minimum Gasteiger partial charge on any atom is -0.352 e. The van der Waals surface area contributed by atoms with Crippen LogP contribution in [-0.4, -0.2) is 58.7 Å². The van der Waals surface area contributed by atoms with Crippen molar-refractivity contribution in [2.75, 3.05) is 27.2 Å². The second-order valence-corrected chi connectivity index (χ2v) is 7.63. The number of guanidine groups is 1. The Kier molecular flexibility index (Phi) is 10.3. The second-order valence-electron chi connectivity index (χ2n) is 7.63. The lowest BCUT2D eigenvalue weighted by molar-refractivity contribution is -0.128. The number of aromatic nitrogens is 3. The number of hydrogen-bond donors (Lipinski definition) is 2. The summed E-state index contributed by atoms with van der Waals surface area (Å²) in [4.78, 5) is 22.7. The largest absolute Gasteiger partial charge is 0.352 e. The first-order valence-corrected chi connectivity index (χ1v) is 10.7. The molecule has 1 aromatic carbocycles. The van der Waals surface area contributed by atoms with Crippen molar-refractivity contribution in [3.05, 3.63) is 77.4 Å². The summed E-state index contributed by atoms with van der Waals surface area (Å²) in [7, 11) is 3.49. The Hall–Kier alpha value is -2.95. The summed E-state index contributed by atoms with van der Waals surface area (Å²) in [5.74, 6) is 0.562. The van der Waals surface area contributed by atoms with Crippen LogP contribution in [0, 0.1) is 13.8 Å². The fraction of sp³-hybridized carbons (Fsp3) is 0.333. The number of likely N-dealkylation sites (N-methyl/N-ethyl adjacent to an activating group) is 1. The van der Waals surface area contributed by atoms with E-state index in [2.05, 4.69) is 37.8 Å². The quantitative estimate of drug-likeness (QED) is 0.251. The number of nitrogens with zero attached hydrogens (tertiary/aromatic N) is 5. The highest BCUT2D eigenvalue weighted by Gasteiger charge is 2.12. The van der Waals surface area contributed by atoms with Gasteiger partial charge in [0.15, 0.2) is 5.96 Å². The highest BCUT2D eigenvalue weighted by Crippen LogP contribution is 2.16. The van der Waals surface area contributed by atoms with E-state index in [1.54, 1.807) is 25.2 Å². The first kappa shape index (κ1) is 26.3. The number of nitrogens with one attached hydrogen (secondary N) is 2. The van der Waals surface area contributed by atoms with Crippen molar-refractivity contribution in [2.45, 2.75) is 26.8 Å². The Labute approximate surface area is 212 Å². The van der Waals surface area contributed by atoms with Crippen LogP contribution in [0.2, 0.25) is 0 Å². The van der Waals surface area contributed by atoms with E-state index >= 15 is 0 Å². The summed E-state index contributed by atoms with van der Waals surface area (Å²) in [6.07, 6.45) is 2.49. The summed E-state index contributed by atoms with van der Waals surface area (Å²) in [5, 5.41) is 11.0. The van der Waals surface area contributed by atoms with Gasteiger partial charge < -0.3 is 15.5 Å². The molecule has 0 aliphatic carbocycles. The maximum Gasteiger partial charge on any atom is 0.241 e. The van der Waals surface area contributed by atoms with Crippen molar-refractivity contribution >= 4 is 35.8 Å². The number of carbonyl (C=O) groups is 1. The van der Waals surface area contributed by atoms with Gasteiger partial charge in [0, 0.05) is 51.2 Å². The maximum atomic E-state index is 12.5. The molecule has 0 saturated heterocycles. The lowest BCUT2D eigenvalue weighted by Crippen LogP contribution is -2.43. The molecule has 3 aromatic rings. The molecule has 2 N–H and O–H groups in total. The first-order valence-electron chi connectivity index (χ1n) is 10.7. The number of hydrogen-bond acceptors (Lipinski definition) is 4. The lowest BCUT2D eigenvalue weighted by Gasteiger charge is -2.19. The molecule has 2 aromatic heterocycles. The molecule has 0 aliphatic rings. The minimum atomic E-state index is -0.00748. The van der Waals surface area contributed by atoms with Gasteiger partial charge in [0.2, 0.25) is 5.91 Å². The van der Waals surface area contributed by atoms with Crippen LogP contribution in [0.3, 0.4) is 0 Å². The highest BCUT2D eigenvalue weighted by atomic mass is 127. The molecule has 0 bridgehead atoms. The molecule has 176 valence electrons. The van der Waals surface area contributed by atoms with Gasteiger partial charge in [0.1, 0.15) is 0 Å². The summed E-state index contributed by atoms with van der Waals surface area (Å²) >= 11 is 0. The van der Waals surface area contributed by atoms with Crippen LogP contribution < -0.4 is 10.6 Å². The minimum absolute atomic E-state index is 0. The number of aliphatic imine (C=N–C) groups is 1. The molecule has 0 atom stereocenters. The van der Waals surface area contributed by atoms with Gasteiger partial charge in [-0.1, -0.05) is 24.3 Å². The zero-order valence-corrected chi connectivity index (χ0v) is 21.9. The first-order chi connectivity index (χ1) is 15.5. The van der Waals surface area contributed by atoms with Crippen LogP contribution >= 0.6 is 24.0 Å². The predicted molar refractivity (Wildman–Crippen MR) is 142 cm³/mol. The van der Waals surface area contributed by atoms with E-state index in [1.165, 1.54) is 0 Å². The fourth-order valence-electron chi connectivity index (χ4n) is 3.39. The van der Waals surface area contributed by atoms with Gasteiger partial charge in [-0.2, -0.15) is 5.10 Å². The van der Waals surface area contributed by atoms with Crippen LogP contribution in [0.4, 0.5) is 0 Å². The van der Waals surface area contributed by atoms with E-state index in [0.29, 0.717) is 19.0 Å². The van der Waals surface area contributed by atoms with Crippen molar-refractivity contribution in [1.29, 1.82) is 0 Å². The SMILES string of the molecule is CN=C(NCC(=O)N(C)CCc1ccccn1)NCc1ccccc1-n1nc(C)cc1C.I. The molecule has 0 aliphatic heterocycles. The third-order valence-corrected chi connectivity index (χ3v) is 5.16. The molecule has 0 unspecified atom stereocenters.